The molecule has 0 aliphatic rings. The molecule has 0 unspecified atom stereocenters. The summed E-state index contributed by atoms with van der Waals surface area (Å²) in [6.45, 7) is 3.33. The molecular weight excluding hydrogens is 302 g/mol. The van der Waals surface area contributed by atoms with E-state index in [4.69, 9.17) is 9.47 Å². The van der Waals surface area contributed by atoms with E-state index in [1.165, 1.54) is 30.3 Å². The second kappa shape index (κ2) is 7.72. The summed E-state index contributed by atoms with van der Waals surface area (Å²) in [5.41, 5.74) is 0.923. The number of aryl methyl sites for hydroxylation is 1. The highest BCUT2D eigenvalue weighted by Gasteiger charge is 2.14. The van der Waals surface area contributed by atoms with E-state index in [0.29, 0.717) is 6.42 Å². The molecule has 2 aromatic carbocycles. The Morgan fingerprint density at radius 2 is 1.83 bits per heavy atom. The van der Waals surface area contributed by atoms with Gasteiger partial charge >= 0.3 is 5.97 Å². The van der Waals surface area contributed by atoms with Crippen molar-refractivity contribution in [3.05, 3.63) is 59.2 Å². The second-order valence-electron chi connectivity index (χ2n) is 4.95. The standard InChI is InChI=1S/C18H18F2O3/c1-3-12-8-9-17(15(20)10-12)22-11-13-14(19)6-5-7-16(13)23-18(21)4-2/h5-10H,3-4,11H2,1-2H3. The molecule has 0 aliphatic carbocycles. The number of rotatable bonds is 6. The van der Waals surface area contributed by atoms with Crippen LogP contribution in [0.4, 0.5) is 8.78 Å². The maximum absolute atomic E-state index is 14.0. The van der Waals surface area contributed by atoms with Gasteiger partial charge in [-0.15, -0.1) is 0 Å². The zero-order valence-electron chi connectivity index (χ0n) is 13.1. The molecule has 0 fully saturated rings. The molecule has 0 N–H and O–H groups in total. The van der Waals surface area contributed by atoms with Crippen LogP contribution in [0.3, 0.4) is 0 Å². The molecule has 0 saturated carbocycles. The average molecular weight is 320 g/mol. The van der Waals surface area contributed by atoms with E-state index < -0.39 is 17.6 Å². The summed E-state index contributed by atoms with van der Waals surface area (Å²) in [5.74, 6) is -1.44. The molecule has 0 heterocycles. The quantitative estimate of drug-likeness (QED) is 0.584. The first kappa shape index (κ1) is 16.9. The van der Waals surface area contributed by atoms with E-state index in [-0.39, 0.29) is 30.1 Å². The molecule has 0 saturated heterocycles. The number of benzene rings is 2. The van der Waals surface area contributed by atoms with Crippen LogP contribution >= 0.6 is 0 Å². The Kier molecular flexibility index (Phi) is 5.68. The molecule has 3 nitrogen and oxygen atoms in total. The van der Waals surface area contributed by atoms with Crippen LogP contribution < -0.4 is 9.47 Å². The third-order valence-electron chi connectivity index (χ3n) is 3.36. The fraction of sp³-hybridized carbons (Fsp3) is 0.278. The summed E-state index contributed by atoms with van der Waals surface area (Å²) >= 11 is 0. The Balaban J connectivity index is 2.18. The summed E-state index contributed by atoms with van der Waals surface area (Å²) < 4.78 is 38.3. The fourth-order valence-corrected chi connectivity index (χ4v) is 2.00. The Hall–Kier alpha value is -2.43. The lowest BCUT2D eigenvalue weighted by molar-refractivity contribution is -0.134. The lowest BCUT2D eigenvalue weighted by Gasteiger charge is -2.12. The number of esters is 1. The van der Waals surface area contributed by atoms with Crippen molar-refractivity contribution in [2.24, 2.45) is 0 Å². The maximum Gasteiger partial charge on any atom is 0.310 e. The van der Waals surface area contributed by atoms with Crippen LogP contribution in [0.1, 0.15) is 31.4 Å². The molecule has 0 bridgehead atoms. The van der Waals surface area contributed by atoms with Gasteiger partial charge in [0.2, 0.25) is 0 Å². The average Bonchev–Trinajstić information content (AvgIpc) is 2.55. The second-order valence-corrected chi connectivity index (χ2v) is 4.95. The summed E-state index contributed by atoms with van der Waals surface area (Å²) in [4.78, 5) is 11.4. The van der Waals surface area contributed by atoms with Crippen LogP contribution in [0.15, 0.2) is 36.4 Å². The summed E-state index contributed by atoms with van der Waals surface area (Å²) in [6, 6.07) is 8.79. The highest BCUT2D eigenvalue weighted by Crippen LogP contribution is 2.25. The molecule has 122 valence electrons. The SMILES string of the molecule is CCC(=O)Oc1cccc(F)c1COc1ccc(CC)cc1F. The number of ether oxygens (including phenoxy) is 2. The van der Waals surface area contributed by atoms with Gasteiger partial charge in [0, 0.05) is 6.42 Å². The van der Waals surface area contributed by atoms with Crippen LogP contribution in [-0.2, 0) is 17.8 Å². The van der Waals surface area contributed by atoms with Gasteiger partial charge in [-0.1, -0.05) is 26.0 Å². The number of hydrogen-bond donors (Lipinski definition) is 0. The van der Waals surface area contributed by atoms with Gasteiger partial charge in [-0.05, 0) is 36.2 Å². The minimum atomic E-state index is -0.572. The zero-order valence-corrected chi connectivity index (χ0v) is 13.1. The van der Waals surface area contributed by atoms with Gasteiger partial charge in [0.15, 0.2) is 11.6 Å². The van der Waals surface area contributed by atoms with Crippen molar-refractivity contribution in [2.45, 2.75) is 33.3 Å². The summed E-state index contributed by atoms with van der Waals surface area (Å²) in [7, 11) is 0. The van der Waals surface area contributed by atoms with E-state index in [0.717, 1.165) is 5.56 Å². The lowest BCUT2D eigenvalue weighted by atomic mass is 10.1. The van der Waals surface area contributed by atoms with E-state index >= 15 is 0 Å². The van der Waals surface area contributed by atoms with E-state index in [9.17, 15) is 13.6 Å². The van der Waals surface area contributed by atoms with Crippen LogP contribution in [0, 0.1) is 11.6 Å². The molecule has 0 radical (unpaired) electrons. The van der Waals surface area contributed by atoms with Crippen molar-refractivity contribution >= 4 is 5.97 Å². The largest absolute Gasteiger partial charge is 0.486 e. The number of carbonyl (C=O) groups excluding carboxylic acids is 1. The molecule has 0 atom stereocenters. The molecule has 0 amide bonds. The first-order chi connectivity index (χ1) is 11.0. The van der Waals surface area contributed by atoms with Crippen molar-refractivity contribution in [3.63, 3.8) is 0 Å². The van der Waals surface area contributed by atoms with Gasteiger partial charge < -0.3 is 9.47 Å². The minimum absolute atomic E-state index is 0.0261. The molecule has 2 rings (SSSR count). The van der Waals surface area contributed by atoms with Crippen molar-refractivity contribution in [3.8, 4) is 11.5 Å². The smallest absolute Gasteiger partial charge is 0.310 e. The van der Waals surface area contributed by atoms with Crippen molar-refractivity contribution in [1.82, 2.24) is 0 Å². The third kappa shape index (κ3) is 4.28. The Morgan fingerprint density at radius 1 is 1.04 bits per heavy atom. The molecule has 5 heteroatoms. The van der Waals surface area contributed by atoms with Gasteiger partial charge in [0.25, 0.3) is 0 Å². The highest BCUT2D eigenvalue weighted by molar-refractivity contribution is 5.72. The maximum atomic E-state index is 14.0. The van der Waals surface area contributed by atoms with Crippen LogP contribution in [-0.4, -0.2) is 5.97 Å². The fourth-order valence-electron chi connectivity index (χ4n) is 2.00. The van der Waals surface area contributed by atoms with Crippen molar-refractivity contribution < 1.29 is 23.0 Å². The van der Waals surface area contributed by atoms with Crippen molar-refractivity contribution in [2.75, 3.05) is 0 Å². The molecule has 23 heavy (non-hydrogen) atoms. The minimum Gasteiger partial charge on any atom is -0.486 e. The molecule has 2 aromatic rings. The van der Waals surface area contributed by atoms with E-state index in [1.54, 1.807) is 13.0 Å². The zero-order chi connectivity index (χ0) is 16.8. The Labute approximate surface area is 133 Å². The lowest BCUT2D eigenvalue weighted by Crippen LogP contribution is -2.10. The van der Waals surface area contributed by atoms with E-state index in [1.807, 2.05) is 6.92 Å². The predicted molar refractivity (Wildman–Crippen MR) is 82.4 cm³/mol. The van der Waals surface area contributed by atoms with Gasteiger partial charge in [0.05, 0.1) is 5.56 Å². The van der Waals surface area contributed by atoms with Crippen LogP contribution in [0.2, 0.25) is 0 Å². The van der Waals surface area contributed by atoms with Crippen LogP contribution in [0.25, 0.3) is 0 Å². The van der Waals surface area contributed by atoms with Crippen molar-refractivity contribution in [1.29, 1.82) is 0 Å². The molecular formula is C18H18F2O3. The Morgan fingerprint density at radius 3 is 2.48 bits per heavy atom. The highest BCUT2D eigenvalue weighted by atomic mass is 19.1. The number of carbonyl (C=O) groups is 1. The summed E-state index contributed by atoms with van der Waals surface area (Å²) in [5, 5.41) is 0. The number of halogens is 2. The Bertz CT molecular complexity index is 699. The molecule has 0 spiro atoms. The first-order valence-corrected chi connectivity index (χ1v) is 7.44. The normalized spacial score (nSPS) is 10.4. The first-order valence-electron chi connectivity index (χ1n) is 7.44. The topological polar surface area (TPSA) is 35.5 Å². The number of hydrogen-bond acceptors (Lipinski definition) is 3. The van der Waals surface area contributed by atoms with Gasteiger partial charge in [-0.25, -0.2) is 8.78 Å². The molecule has 0 aliphatic heterocycles. The molecule has 0 aromatic heterocycles. The predicted octanol–water partition coefficient (Wildman–Crippen LogP) is 4.42. The third-order valence-corrected chi connectivity index (χ3v) is 3.36. The van der Waals surface area contributed by atoms with Gasteiger partial charge in [-0.2, -0.15) is 0 Å². The van der Waals surface area contributed by atoms with Crippen LogP contribution in [0.5, 0.6) is 11.5 Å². The monoisotopic (exact) mass is 320 g/mol. The van der Waals surface area contributed by atoms with Gasteiger partial charge in [-0.3, -0.25) is 4.79 Å². The summed E-state index contributed by atoms with van der Waals surface area (Å²) in [6.07, 6.45) is 0.881. The van der Waals surface area contributed by atoms with Gasteiger partial charge in [0.1, 0.15) is 18.2 Å². The van der Waals surface area contributed by atoms with E-state index in [2.05, 4.69) is 0 Å².